The molecule has 284 valence electrons. The predicted octanol–water partition coefficient (Wildman–Crippen LogP) is -3.44. The number of hydrogen-bond acceptors (Lipinski definition) is 11. The third kappa shape index (κ3) is 13.2. The van der Waals surface area contributed by atoms with Crippen LogP contribution in [0.1, 0.15) is 59.4 Å². The summed E-state index contributed by atoms with van der Waals surface area (Å²) in [7, 11) is 0. The number of amides is 7. The molecule has 0 radical (unpaired) electrons. The minimum Gasteiger partial charge on any atom is -0.394 e. The Morgan fingerprint density at radius 2 is 1.59 bits per heavy atom. The Labute approximate surface area is 297 Å². The molecular formula is C33H53N9O9. The highest BCUT2D eigenvalue weighted by atomic mass is 16.3. The summed E-state index contributed by atoms with van der Waals surface area (Å²) in [4.78, 5) is 95.1. The van der Waals surface area contributed by atoms with Gasteiger partial charge in [0.15, 0.2) is 0 Å². The molecule has 1 aliphatic heterocycles. The number of aliphatic hydroxyl groups excluding tert-OH is 2. The van der Waals surface area contributed by atoms with Crippen LogP contribution < -0.4 is 38.1 Å². The lowest BCUT2D eigenvalue weighted by Crippen LogP contribution is -2.60. The van der Waals surface area contributed by atoms with Crippen LogP contribution in [0.25, 0.3) is 0 Å². The van der Waals surface area contributed by atoms with Crippen molar-refractivity contribution in [3.8, 4) is 0 Å². The van der Waals surface area contributed by atoms with Gasteiger partial charge in [-0.25, -0.2) is 0 Å². The lowest BCUT2D eigenvalue weighted by molar-refractivity contribution is -0.143. The van der Waals surface area contributed by atoms with E-state index in [1.165, 1.54) is 11.8 Å². The average Bonchev–Trinajstić information content (AvgIpc) is 3.57. The van der Waals surface area contributed by atoms with Gasteiger partial charge in [-0.3, -0.25) is 38.5 Å². The quantitative estimate of drug-likeness (QED) is 0.0678. The Morgan fingerprint density at radius 1 is 0.922 bits per heavy atom. The minimum atomic E-state index is -1.49. The number of nitrogens with two attached hydrogens (primary N) is 2. The molecule has 0 unspecified atom stereocenters. The standard InChI is InChI=1S/C33H53N9O9/c1-17(2)12-22(31(49)41-27(19(5)44)33(51)42-11-7-9-24(42)28(35)46)38-25(45)15-37-30(48)23(16-43)39-32(50)26(18(3)4)40-29(47)21(34)13-20-8-6-10-36-14-20/h6,8,10,14,17-19,21-24,26-27,43-44H,7,9,11-13,15-16,34H2,1-5H3,(H2,35,46)(H,37,48)(H,38,45)(H,39,50)(H,40,47)(H,41,49)/t19-,21+,22+,23+,24+,26+,27+/m1/s1. The second kappa shape index (κ2) is 20.2. The van der Waals surface area contributed by atoms with E-state index < -0.39 is 103 Å². The van der Waals surface area contributed by atoms with Crippen LogP contribution in [0.4, 0.5) is 0 Å². The van der Waals surface area contributed by atoms with Crippen molar-refractivity contribution in [2.75, 3.05) is 19.7 Å². The summed E-state index contributed by atoms with van der Waals surface area (Å²) in [5.74, 6) is -5.79. The fourth-order valence-electron chi connectivity index (χ4n) is 5.50. The highest BCUT2D eigenvalue weighted by molar-refractivity contribution is 5.96. The zero-order valence-corrected chi connectivity index (χ0v) is 29.8. The number of pyridine rings is 1. The van der Waals surface area contributed by atoms with Gasteiger partial charge in [-0.15, -0.1) is 0 Å². The van der Waals surface area contributed by atoms with E-state index >= 15 is 0 Å². The van der Waals surface area contributed by atoms with Crippen molar-refractivity contribution in [1.29, 1.82) is 0 Å². The van der Waals surface area contributed by atoms with Crippen LogP contribution in [0.2, 0.25) is 0 Å². The third-order valence-electron chi connectivity index (χ3n) is 8.27. The first-order chi connectivity index (χ1) is 24.0. The molecule has 51 heavy (non-hydrogen) atoms. The van der Waals surface area contributed by atoms with E-state index in [4.69, 9.17) is 11.5 Å². The molecule has 0 bridgehead atoms. The fourth-order valence-corrected chi connectivity index (χ4v) is 5.50. The molecule has 2 rings (SSSR count). The zero-order valence-electron chi connectivity index (χ0n) is 29.8. The molecule has 1 fully saturated rings. The van der Waals surface area contributed by atoms with Crippen LogP contribution in [-0.4, -0.2) is 123 Å². The van der Waals surface area contributed by atoms with Crippen LogP contribution >= 0.6 is 0 Å². The average molecular weight is 720 g/mol. The molecule has 2 heterocycles. The summed E-state index contributed by atoms with van der Waals surface area (Å²) in [5, 5.41) is 32.4. The number of nitrogens with one attached hydrogen (secondary N) is 5. The summed E-state index contributed by atoms with van der Waals surface area (Å²) < 4.78 is 0. The first-order valence-corrected chi connectivity index (χ1v) is 17.0. The fraction of sp³-hybridized carbons (Fsp3) is 0.636. The van der Waals surface area contributed by atoms with Gasteiger partial charge >= 0.3 is 0 Å². The van der Waals surface area contributed by atoms with Gasteiger partial charge in [0.1, 0.15) is 30.2 Å². The minimum absolute atomic E-state index is 0.109. The molecule has 18 nitrogen and oxygen atoms in total. The number of carbonyl (C=O) groups excluding carboxylic acids is 7. The Balaban J connectivity index is 2.00. The molecule has 0 spiro atoms. The van der Waals surface area contributed by atoms with Gasteiger partial charge in [0.05, 0.1) is 25.3 Å². The second-order valence-corrected chi connectivity index (χ2v) is 13.4. The molecule has 11 N–H and O–H groups in total. The first-order valence-electron chi connectivity index (χ1n) is 17.0. The SMILES string of the molecule is CC(C)C[C@H](NC(=O)CNC(=O)[C@H](CO)NC(=O)[C@@H](NC(=O)[C@@H](N)Cc1cccnc1)C(C)C)C(=O)N[C@H](C(=O)N1CCC[C@H]1C(N)=O)[C@@H](C)O. The molecule has 0 aliphatic carbocycles. The van der Waals surface area contributed by atoms with E-state index in [0.717, 1.165) is 5.56 Å². The summed E-state index contributed by atoms with van der Waals surface area (Å²) in [5.41, 5.74) is 12.2. The van der Waals surface area contributed by atoms with Crippen molar-refractivity contribution in [1.82, 2.24) is 36.5 Å². The van der Waals surface area contributed by atoms with Crippen LogP contribution in [0, 0.1) is 11.8 Å². The molecule has 1 aliphatic rings. The van der Waals surface area contributed by atoms with Crippen LogP contribution in [0.15, 0.2) is 24.5 Å². The highest BCUT2D eigenvalue weighted by Gasteiger charge is 2.39. The Kier molecular flexibility index (Phi) is 16.9. The lowest BCUT2D eigenvalue weighted by Gasteiger charge is -2.30. The van der Waals surface area contributed by atoms with Crippen molar-refractivity contribution >= 4 is 41.4 Å². The maximum Gasteiger partial charge on any atom is 0.248 e. The van der Waals surface area contributed by atoms with E-state index in [1.807, 2.05) is 0 Å². The number of carbonyl (C=O) groups is 7. The molecule has 1 aromatic heterocycles. The number of nitrogens with zero attached hydrogens (tertiary/aromatic N) is 2. The molecule has 0 aromatic carbocycles. The molecule has 7 amide bonds. The van der Waals surface area contributed by atoms with Crippen LogP contribution in [-0.2, 0) is 40.0 Å². The highest BCUT2D eigenvalue weighted by Crippen LogP contribution is 2.19. The van der Waals surface area contributed by atoms with E-state index in [-0.39, 0.29) is 25.3 Å². The first kappa shape index (κ1) is 42.5. The van der Waals surface area contributed by atoms with E-state index in [0.29, 0.717) is 12.8 Å². The number of aromatic nitrogens is 1. The van der Waals surface area contributed by atoms with Crippen LogP contribution in [0.3, 0.4) is 0 Å². The maximum atomic E-state index is 13.3. The van der Waals surface area contributed by atoms with Crippen molar-refractivity contribution < 1.29 is 43.8 Å². The van der Waals surface area contributed by atoms with Crippen molar-refractivity contribution in [2.45, 2.75) is 103 Å². The normalized spacial score (nSPS) is 17.8. The summed E-state index contributed by atoms with van der Waals surface area (Å²) >= 11 is 0. The van der Waals surface area contributed by atoms with Gasteiger partial charge in [-0.2, -0.15) is 0 Å². The Bertz CT molecular complexity index is 1380. The number of rotatable bonds is 19. The van der Waals surface area contributed by atoms with E-state index in [9.17, 15) is 43.8 Å². The van der Waals surface area contributed by atoms with Gasteiger partial charge < -0.3 is 53.2 Å². The zero-order chi connectivity index (χ0) is 38.4. The van der Waals surface area contributed by atoms with Crippen molar-refractivity contribution in [2.24, 2.45) is 23.3 Å². The summed E-state index contributed by atoms with van der Waals surface area (Å²) in [6.45, 7) is 6.97. The monoisotopic (exact) mass is 719 g/mol. The van der Waals surface area contributed by atoms with Gasteiger partial charge in [0, 0.05) is 18.9 Å². The second-order valence-electron chi connectivity index (χ2n) is 13.4. The van der Waals surface area contributed by atoms with E-state index in [2.05, 4.69) is 31.6 Å². The smallest absolute Gasteiger partial charge is 0.248 e. The maximum absolute atomic E-state index is 13.3. The molecule has 1 aromatic rings. The molecule has 18 heteroatoms. The largest absolute Gasteiger partial charge is 0.394 e. The van der Waals surface area contributed by atoms with Gasteiger partial charge in [-0.1, -0.05) is 33.8 Å². The summed E-state index contributed by atoms with van der Waals surface area (Å²) in [6.07, 6.45) is 2.98. The topological polar surface area (TPSA) is 288 Å². The van der Waals surface area contributed by atoms with Gasteiger partial charge in [0.25, 0.3) is 0 Å². The van der Waals surface area contributed by atoms with Crippen molar-refractivity contribution in [3.05, 3.63) is 30.1 Å². The molecule has 7 atom stereocenters. The number of aliphatic hydroxyl groups is 2. The molecule has 1 saturated heterocycles. The van der Waals surface area contributed by atoms with Gasteiger partial charge in [0.2, 0.25) is 41.4 Å². The number of likely N-dealkylation sites (tertiary alicyclic amines) is 1. The van der Waals surface area contributed by atoms with E-state index in [1.54, 1.807) is 52.2 Å². The molecular weight excluding hydrogens is 666 g/mol. The summed E-state index contributed by atoms with van der Waals surface area (Å²) in [6, 6.07) is -3.60. The lowest BCUT2D eigenvalue weighted by atomic mass is 10.0. The molecule has 0 saturated carbocycles. The number of hydrogen-bond donors (Lipinski definition) is 9. The number of primary amides is 1. The van der Waals surface area contributed by atoms with Crippen molar-refractivity contribution in [3.63, 3.8) is 0 Å². The predicted molar refractivity (Wildman–Crippen MR) is 184 cm³/mol. The van der Waals surface area contributed by atoms with Gasteiger partial charge in [-0.05, 0) is 56.1 Å². The Morgan fingerprint density at radius 3 is 2.14 bits per heavy atom. The Hall–Kier alpha value is -4.68. The van der Waals surface area contributed by atoms with Crippen LogP contribution in [0.5, 0.6) is 0 Å². The third-order valence-corrected chi connectivity index (χ3v) is 8.27.